The summed E-state index contributed by atoms with van der Waals surface area (Å²) in [6.45, 7) is 3.06. The van der Waals surface area contributed by atoms with Crippen LogP contribution in [0, 0.1) is 5.41 Å². The first-order chi connectivity index (χ1) is 10.2. The molecule has 2 aliphatic carbocycles. The van der Waals surface area contributed by atoms with E-state index in [-0.39, 0.29) is 11.3 Å². The van der Waals surface area contributed by atoms with Crippen LogP contribution in [0.2, 0.25) is 0 Å². The zero-order valence-corrected chi connectivity index (χ0v) is 13.0. The summed E-state index contributed by atoms with van der Waals surface area (Å²) in [6, 6.07) is 9.01. The molecule has 0 heterocycles. The van der Waals surface area contributed by atoms with Gasteiger partial charge in [-0.15, -0.1) is 0 Å². The first kappa shape index (κ1) is 14.6. The number of carbonyl (C=O) groups excluding carboxylic acids is 1. The third-order valence-electron chi connectivity index (χ3n) is 5.10. The van der Waals surface area contributed by atoms with Crippen LogP contribution in [0.15, 0.2) is 24.3 Å². The van der Waals surface area contributed by atoms with E-state index in [0.717, 1.165) is 37.5 Å². The summed E-state index contributed by atoms with van der Waals surface area (Å²) in [7, 11) is 0. The fourth-order valence-corrected chi connectivity index (χ4v) is 3.31. The van der Waals surface area contributed by atoms with Crippen LogP contribution in [0.4, 0.5) is 5.69 Å². The summed E-state index contributed by atoms with van der Waals surface area (Å²) >= 11 is 0. The van der Waals surface area contributed by atoms with Crippen LogP contribution in [-0.2, 0) is 11.3 Å². The van der Waals surface area contributed by atoms with Crippen molar-refractivity contribution < 1.29 is 4.79 Å². The molecule has 3 nitrogen and oxygen atoms in total. The molecule has 0 unspecified atom stereocenters. The second-order valence-corrected chi connectivity index (χ2v) is 6.65. The van der Waals surface area contributed by atoms with Gasteiger partial charge >= 0.3 is 0 Å². The first-order valence-electron chi connectivity index (χ1n) is 8.36. The minimum absolute atomic E-state index is 0.119. The molecule has 3 heteroatoms. The predicted octanol–water partition coefficient (Wildman–Crippen LogP) is 3.85. The Kier molecular flexibility index (Phi) is 4.29. The standard InChI is InChI=1S/C18H26N2O/c1-2-18(11-3-4-12-18)17(21)20-16-7-5-14(6-8-16)13-19-15-9-10-15/h5-8,15,19H,2-4,9-13H2,1H3,(H,20,21). The van der Waals surface area contributed by atoms with Gasteiger partial charge in [0.15, 0.2) is 0 Å². The second-order valence-electron chi connectivity index (χ2n) is 6.65. The third kappa shape index (κ3) is 3.46. The van der Waals surface area contributed by atoms with Crippen molar-refractivity contribution in [2.45, 2.75) is 64.5 Å². The van der Waals surface area contributed by atoms with Crippen molar-refractivity contribution >= 4 is 11.6 Å². The largest absolute Gasteiger partial charge is 0.326 e. The van der Waals surface area contributed by atoms with Crippen LogP contribution in [0.25, 0.3) is 0 Å². The van der Waals surface area contributed by atoms with E-state index in [4.69, 9.17) is 0 Å². The molecule has 2 aliphatic rings. The molecule has 1 aromatic rings. The van der Waals surface area contributed by atoms with Crippen LogP contribution >= 0.6 is 0 Å². The Bertz CT molecular complexity index is 484. The molecular weight excluding hydrogens is 260 g/mol. The minimum atomic E-state index is -0.119. The number of carbonyl (C=O) groups is 1. The summed E-state index contributed by atoms with van der Waals surface area (Å²) in [4.78, 5) is 12.6. The molecule has 1 aromatic carbocycles. The smallest absolute Gasteiger partial charge is 0.230 e. The van der Waals surface area contributed by atoms with Crippen molar-refractivity contribution in [3.63, 3.8) is 0 Å². The summed E-state index contributed by atoms with van der Waals surface area (Å²) in [5.41, 5.74) is 2.09. The van der Waals surface area contributed by atoms with Crippen LogP contribution in [0.3, 0.4) is 0 Å². The Hall–Kier alpha value is -1.35. The Morgan fingerprint density at radius 2 is 1.86 bits per heavy atom. The fourth-order valence-electron chi connectivity index (χ4n) is 3.31. The van der Waals surface area contributed by atoms with Gasteiger partial charge in [-0.1, -0.05) is 31.9 Å². The highest BCUT2D eigenvalue weighted by atomic mass is 16.2. The third-order valence-corrected chi connectivity index (χ3v) is 5.10. The average Bonchev–Trinajstić information content (AvgIpc) is 3.21. The quantitative estimate of drug-likeness (QED) is 0.834. The molecule has 21 heavy (non-hydrogen) atoms. The maximum absolute atomic E-state index is 12.6. The van der Waals surface area contributed by atoms with Gasteiger partial charge in [-0.05, 0) is 49.8 Å². The van der Waals surface area contributed by atoms with Crippen LogP contribution in [0.1, 0.15) is 57.4 Å². The lowest BCUT2D eigenvalue weighted by Crippen LogP contribution is -2.33. The lowest BCUT2D eigenvalue weighted by Gasteiger charge is -2.26. The number of rotatable bonds is 6. The van der Waals surface area contributed by atoms with E-state index in [1.54, 1.807) is 0 Å². The van der Waals surface area contributed by atoms with E-state index in [1.807, 2.05) is 12.1 Å². The zero-order chi connectivity index (χ0) is 14.7. The topological polar surface area (TPSA) is 41.1 Å². The van der Waals surface area contributed by atoms with Crippen molar-refractivity contribution in [1.82, 2.24) is 5.32 Å². The second kappa shape index (κ2) is 6.18. The van der Waals surface area contributed by atoms with Crippen molar-refractivity contribution in [3.05, 3.63) is 29.8 Å². The minimum Gasteiger partial charge on any atom is -0.326 e. The summed E-state index contributed by atoms with van der Waals surface area (Å²) < 4.78 is 0. The fraction of sp³-hybridized carbons (Fsp3) is 0.611. The van der Waals surface area contributed by atoms with Gasteiger partial charge < -0.3 is 10.6 Å². The number of hydrogen-bond donors (Lipinski definition) is 2. The van der Waals surface area contributed by atoms with Gasteiger partial charge in [0, 0.05) is 23.7 Å². The number of nitrogens with one attached hydrogen (secondary N) is 2. The van der Waals surface area contributed by atoms with Gasteiger partial charge in [-0.25, -0.2) is 0 Å². The molecule has 114 valence electrons. The monoisotopic (exact) mass is 286 g/mol. The van der Waals surface area contributed by atoms with Crippen molar-refractivity contribution in [2.24, 2.45) is 5.41 Å². The SMILES string of the molecule is CCC1(C(=O)Nc2ccc(CNC3CC3)cc2)CCCC1. The van der Waals surface area contributed by atoms with E-state index in [1.165, 1.54) is 31.2 Å². The maximum Gasteiger partial charge on any atom is 0.230 e. The summed E-state index contributed by atoms with van der Waals surface area (Å²) in [5.74, 6) is 0.214. The molecule has 0 aliphatic heterocycles. The van der Waals surface area contributed by atoms with E-state index >= 15 is 0 Å². The molecule has 2 N–H and O–H groups in total. The maximum atomic E-state index is 12.6. The Morgan fingerprint density at radius 3 is 2.43 bits per heavy atom. The van der Waals surface area contributed by atoms with Crippen molar-refractivity contribution in [1.29, 1.82) is 0 Å². The van der Waals surface area contributed by atoms with E-state index in [9.17, 15) is 4.79 Å². The molecule has 3 rings (SSSR count). The summed E-state index contributed by atoms with van der Waals surface area (Å²) in [6.07, 6.45) is 8.03. The molecule has 2 saturated carbocycles. The van der Waals surface area contributed by atoms with Gasteiger partial charge in [-0.2, -0.15) is 0 Å². The molecule has 1 amide bonds. The molecule has 0 spiro atoms. The number of amides is 1. The average molecular weight is 286 g/mol. The predicted molar refractivity (Wildman–Crippen MR) is 86.1 cm³/mol. The van der Waals surface area contributed by atoms with Crippen LogP contribution in [0.5, 0.6) is 0 Å². The highest BCUT2D eigenvalue weighted by molar-refractivity contribution is 5.95. The van der Waals surface area contributed by atoms with Gasteiger partial charge in [0.2, 0.25) is 5.91 Å². The van der Waals surface area contributed by atoms with Gasteiger partial charge in [0.25, 0.3) is 0 Å². The Balaban J connectivity index is 1.57. The van der Waals surface area contributed by atoms with Crippen LogP contribution in [-0.4, -0.2) is 11.9 Å². The highest BCUT2D eigenvalue weighted by Gasteiger charge is 2.39. The number of benzene rings is 1. The highest BCUT2D eigenvalue weighted by Crippen LogP contribution is 2.41. The van der Waals surface area contributed by atoms with Gasteiger partial charge in [-0.3, -0.25) is 4.79 Å². The molecule has 0 atom stereocenters. The van der Waals surface area contributed by atoms with E-state index in [2.05, 4.69) is 29.7 Å². The molecule has 0 aromatic heterocycles. The molecule has 0 saturated heterocycles. The van der Waals surface area contributed by atoms with Gasteiger partial charge in [0.1, 0.15) is 0 Å². The van der Waals surface area contributed by atoms with Crippen molar-refractivity contribution in [2.75, 3.05) is 5.32 Å². The Labute approximate surface area is 127 Å². The molecular formula is C18H26N2O. The van der Waals surface area contributed by atoms with Crippen molar-refractivity contribution in [3.8, 4) is 0 Å². The first-order valence-corrected chi connectivity index (χ1v) is 8.36. The molecule has 0 radical (unpaired) electrons. The lowest BCUT2D eigenvalue weighted by molar-refractivity contribution is -0.125. The summed E-state index contributed by atoms with van der Waals surface area (Å²) in [5, 5.41) is 6.63. The van der Waals surface area contributed by atoms with Gasteiger partial charge in [0.05, 0.1) is 0 Å². The molecule has 2 fully saturated rings. The lowest BCUT2D eigenvalue weighted by atomic mass is 9.82. The number of anilines is 1. The zero-order valence-electron chi connectivity index (χ0n) is 13.0. The Morgan fingerprint density at radius 1 is 1.19 bits per heavy atom. The molecule has 0 bridgehead atoms. The van der Waals surface area contributed by atoms with E-state index in [0.29, 0.717) is 0 Å². The van der Waals surface area contributed by atoms with Crippen LogP contribution < -0.4 is 10.6 Å². The van der Waals surface area contributed by atoms with E-state index < -0.39 is 0 Å². The number of hydrogen-bond acceptors (Lipinski definition) is 2. The normalized spacial score (nSPS) is 20.4.